The fraction of sp³-hybridized carbons (Fsp3) is 0.818. The third-order valence-electron chi connectivity index (χ3n) is 3.06. The van der Waals surface area contributed by atoms with E-state index in [0.717, 1.165) is 56.6 Å². The lowest BCUT2D eigenvalue weighted by Gasteiger charge is -2.28. The maximum atomic E-state index is 4.49. The molecule has 1 fully saturated rings. The minimum absolute atomic E-state index is 0.919. The molecular weight excluding hydrogens is 234 g/mol. The van der Waals surface area contributed by atoms with Gasteiger partial charge in [0.25, 0.3) is 0 Å². The van der Waals surface area contributed by atoms with Gasteiger partial charge in [0, 0.05) is 64.3 Å². The number of nitrogens with one attached hydrogen (secondary N) is 1. The van der Waals surface area contributed by atoms with Crippen LogP contribution in [-0.2, 0) is 6.42 Å². The van der Waals surface area contributed by atoms with Gasteiger partial charge in [0.05, 0.1) is 0 Å². The molecule has 0 amide bonds. The highest BCUT2D eigenvalue weighted by molar-refractivity contribution is 7.09. The molecule has 0 spiro atoms. The topological polar surface area (TPSA) is 44.3 Å². The average Bonchev–Trinajstić information content (AvgIpc) is 2.86. The summed E-state index contributed by atoms with van der Waals surface area (Å²) in [4.78, 5) is 9.20. The number of rotatable bonds is 5. The van der Waals surface area contributed by atoms with Crippen molar-refractivity contribution in [1.29, 1.82) is 0 Å². The van der Waals surface area contributed by atoms with E-state index in [-0.39, 0.29) is 0 Å². The second-order valence-corrected chi connectivity index (χ2v) is 5.09. The summed E-state index contributed by atoms with van der Waals surface area (Å²) in [6, 6.07) is 0. The van der Waals surface area contributed by atoms with E-state index in [0.29, 0.717) is 0 Å². The molecule has 0 bridgehead atoms. The Bertz CT molecular complexity index is 334. The van der Waals surface area contributed by atoms with Crippen molar-refractivity contribution >= 4 is 16.7 Å². The summed E-state index contributed by atoms with van der Waals surface area (Å²) in [5.41, 5.74) is 0. The van der Waals surface area contributed by atoms with Crippen LogP contribution in [0.1, 0.15) is 12.7 Å². The summed E-state index contributed by atoms with van der Waals surface area (Å²) in [7, 11) is 2.10. The molecule has 17 heavy (non-hydrogen) atoms. The summed E-state index contributed by atoms with van der Waals surface area (Å²) in [6.45, 7) is 8.77. The van der Waals surface area contributed by atoms with Crippen LogP contribution in [0.25, 0.3) is 0 Å². The summed E-state index contributed by atoms with van der Waals surface area (Å²) in [5.74, 6) is 0.957. The Labute approximate surface area is 107 Å². The first-order valence-corrected chi connectivity index (χ1v) is 7.03. The lowest BCUT2D eigenvalue weighted by atomic mass is 10.3. The van der Waals surface area contributed by atoms with Gasteiger partial charge in [0.15, 0.2) is 0 Å². The number of nitrogens with zero attached hydrogens (tertiary/aromatic N) is 4. The SMILES string of the molecule is CCc1nsc(N(C)CCN2CCNCC2)n1. The van der Waals surface area contributed by atoms with Crippen LogP contribution in [0.4, 0.5) is 5.13 Å². The monoisotopic (exact) mass is 255 g/mol. The summed E-state index contributed by atoms with van der Waals surface area (Å²) < 4.78 is 4.32. The molecule has 2 heterocycles. The van der Waals surface area contributed by atoms with Gasteiger partial charge < -0.3 is 10.2 Å². The number of likely N-dealkylation sites (N-methyl/N-ethyl adjacent to an activating group) is 1. The molecule has 0 aliphatic carbocycles. The van der Waals surface area contributed by atoms with Gasteiger partial charge in [-0.15, -0.1) is 0 Å². The Morgan fingerprint density at radius 1 is 1.41 bits per heavy atom. The number of aryl methyl sites for hydroxylation is 1. The fourth-order valence-electron chi connectivity index (χ4n) is 1.87. The van der Waals surface area contributed by atoms with Crippen LogP contribution in [-0.4, -0.2) is 60.6 Å². The van der Waals surface area contributed by atoms with E-state index in [1.54, 1.807) is 0 Å². The van der Waals surface area contributed by atoms with Crippen molar-refractivity contribution in [1.82, 2.24) is 19.6 Å². The standard InChI is InChI=1S/C11H21N5S/c1-3-10-13-11(17-14-10)15(2)8-9-16-6-4-12-5-7-16/h12H,3-9H2,1-2H3. The smallest absolute Gasteiger partial charge is 0.204 e. The Morgan fingerprint density at radius 3 is 2.82 bits per heavy atom. The van der Waals surface area contributed by atoms with Crippen LogP contribution in [0.15, 0.2) is 0 Å². The molecule has 0 aromatic carbocycles. The van der Waals surface area contributed by atoms with Gasteiger partial charge in [-0.25, -0.2) is 4.98 Å². The normalized spacial score (nSPS) is 17.3. The highest BCUT2D eigenvalue weighted by Crippen LogP contribution is 2.15. The van der Waals surface area contributed by atoms with E-state index in [1.165, 1.54) is 11.5 Å². The van der Waals surface area contributed by atoms with E-state index in [1.807, 2.05) is 0 Å². The molecule has 0 saturated carbocycles. The van der Waals surface area contributed by atoms with Gasteiger partial charge in [-0.3, -0.25) is 4.90 Å². The van der Waals surface area contributed by atoms with Crippen molar-refractivity contribution < 1.29 is 0 Å². The van der Waals surface area contributed by atoms with Crippen molar-refractivity contribution in [3.8, 4) is 0 Å². The van der Waals surface area contributed by atoms with Crippen LogP contribution in [0.3, 0.4) is 0 Å². The number of piperazine rings is 1. The van der Waals surface area contributed by atoms with Gasteiger partial charge in [-0.05, 0) is 0 Å². The van der Waals surface area contributed by atoms with E-state index in [2.05, 4.69) is 38.4 Å². The van der Waals surface area contributed by atoms with Crippen molar-refractivity contribution in [2.45, 2.75) is 13.3 Å². The quantitative estimate of drug-likeness (QED) is 0.827. The van der Waals surface area contributed by atoms with Gasteiger partial charge in [-0.2, -0.15) is 4.37 Å². The van der Waals surface area contributed by atoms with Gasteiger partial charge in [0.1, 0.15) is 5.82 Å². The first kappa shape index (κ1) is 12.7. The lowest BCUT2D eigenvalue weighted by Crippen LogP contribution is -2.46. The van der Waals surface area contributed by atoms with Crippen LogP contribution in [0, 0.1) is 0 Å². The zero-order valence-corrected chi connectivity index (χ0v) is 11.5. The average molecular weight is 255 g/mol. The predicted octanol–water partition coefficient (Wildman–Crippen LogP) is 0.442. The minimum Gasteiger partial charge on any atom is -0.349 e. The van der Waals surface area contributed by atoms with Crippen molar-refractivity contribution in [2.24, 2.45) is 0 Å². The molecule has 1 aromatic heterocycles. The maximum Gasteiger partial charge on any atom is 0.204 e. The van der Waals surface area contributed by atoms with Crippen molar-refractivity contribution in [3.63, 3.8) is 0 Å². The van der Waals surface area contributed by atoms with E-state index in [9.17, 15) is 0 Å². The fourth-order valence-corrected chi connectivity index (χ4v) is 2.60. The van der Waals surface area contributed by atoms with Crippen molar-refractivity contribution in [3.05, 3.63) is 5.82 Å². The zero-order chi connectivity index (χ0) is 12.1. The summed E-state index contributed by atoms with van der Waals surface area (Å²) in [6.07, 6.45) is 0.919. The van der Waals surface area contributed by atoms with Crippen LogP contribution < -0.4 is 10.2 Å². The Morgan fingerprint density at radius 2 is 2.18 bits per heavy atom. The van der Waals surface area contributed by atoms with Crippen LogP contribution in [0.2, 0.25) is 0 Å². The number of hydrogen-bond donors (Lipinski definition) is 1. The third kappa shape index (κ3) is 3.62. The molecule has 96 valence electrons. The Balaban J connectivity index is 1.77. The molecule has 0 atom stereocenters. The molecule has 0 radical (unpaired) electrons. The summed E-state index contributed by atoms with van der Waals surface area (Å²) >= 11 is 1.50. The molecule has 1 aromatic rings. The first-order chi connectivity index (χ1) is 8.29. The third-order valence-corrected chi connectivity index (χ3v) is 3.93. The number of anilines is 1. The minimum atomic E-state index is 0.919. The highest BCUT2D eigenvalue weighted by Gasteiger charge is 2.12. The molecule has 1 saturated heterocycles. The Hall–Kier alpha value is -0.720. The molecule has 1 aliphatic rings. The molecule has 5 nitrogen and oxygen atoms in total. The molecular formula is C11H21N5S. The van der Waals surface area contributed by atoms with E-state index >= 15 is 0 Å². The van der Waals surface area contributed by atoms with Gasteiger partial charge in [-0.1, -0.05) is 6.92 Å². The molecule has 1 aliphatic heterocycles. The lowest BCUT2D eigenvalue weighted by molar-refractivity contribution is 0.246. The molecule has 0 unspecified atom stereocenters. The first-order valence-electron chi connectivity index (χ1n) is 6.26. The summed E-state index contributed by atoms with van der Waals surface area (Å²) in [5, 5.41) is 4.41. The second-order valence-electron chi connectivity index (χ2n) is 4.36. The Kier molecular flexibility index (Phi) is 4.70. The number of hydrogen-bond acceptors (Lipinski definition) is 6. The van der Waals surface area contributed by atoms with Gasteiger partial charge in [0.2, 0.25) is 5.13 Å². The van der Waals surface area contributed by atoms with Crippen LogP contribution >= 0.6 is 11.5 Å². The predicted molar refractivity (Wildman–Crippen MR) is 71.9 cm³/mol. The van der Waals surface area contributed by atoms with Crippen molar-refractivity contribution in [2.75, 3.05) is 51.2 Å². The molecule has 1 N–H and O–H groups in total. The van der Waals surface area contributed by atoms with E-state index < -0.39 is 0 Å². The highest BCUT2D eigenvalue weighted by atomic mass is 32.1. The maximum absolute atomic E-state index is 4.49. The largest absolute Gasteiger partial charge is 0.349 e. The molecule has 6 heteroatoms. The zero-order valence-electron chi connectivity index (χ0n) is 10.6. The van der Waals surface area contributed by atoms with E-state index in [4.69, 9.17) is 0 Å². The van der Waals surface area contributed by atoms with Crippen LogP contribution in [0.5, 0.6) is 0 Å². The van der Waals surface area contributed by atoms with Gasteiger partial charge >= 0.3 is 0 Å². The number of aromatic nitrogens is 2. The second kappa shape index (κ2) is 6.28. The molecule has 2 rings (SSSR count).